The van der Waals surface area contributed by atoms with Crippen LogP contribution in [0.3, 0.4) is 0 Å². The number of nitro groups is 1. The van der Waals surface area contributed by atoms with Crippen molar-refractivity contribution >= 4 is 17.4 Å². The van der Waals surface area contributed by atoms with E-state index in [4.69, 9.17) is 4.74 Å². The molecule has 0 radical (unpaired) electrons. The highest BCUT2D eigenvalue weighted by Gasteiger charge is 2.24. The molecule has 29 heavy (non-hydrogen) atoms. The molecule has 1 aromatic carbocycles. The van der Waals surface area contributed by atoms with E-state index in [1.807, 2.05) is 32.0 Å². The Morgan fingerprint density at radius 1 is 1.31 bits per heavy atom. The summed E-state index contributed by atoms with van der Waals surface area (Å²) in [7, 11) is 0. The fraction of sp³-hybridized carbons (Fsp3) is 0.316. The molecule has 0 aliphatic rings. The van der Waals surface area contributed by atoms with Gasteiger partial charge in [0, 0.05) is 0 Å². The summed E-state index contributed by atoms with van der Waals surface area (Å²) in [5.74, 6) is 0.112. The van der Waals surface area contributed by atoms with Gasteiger partial charge in [0.15, 0.2) is 6.73 Å². The fourth-order valence-electron chi connectivity index (χ4n) is 2.91. The number of carbonyl (C=O) groups excluding carboxylic acids is 1. The minimum Gasteiger partial charge on any atom is -0.471 e. The first-order valence-electron chi connectivity index (χ1n) is 8.98. The van der Waals surface area contributed by atoms with E-state index in [0.29, 0.717) is 11.4 Å². The lowest BCUT2D eigenvalue weighted by Gasteiger charge is -2.10. The Labute approximate surface area is 167 Å². The largest absolute Gasteiger partial charge is 0.471 e. The third kappa shape index (κ3) is 4.60. The third-order valence-corrected chi connectivity index (χ3v) is 4.43. The summed E-state index contributed by atoms with van der Waals surface area (Å²) in [6.07, 6.45) is 3.15. The average Bonchev–Trinajstić information content (AvgIpc) is 3.27. The van der Waals surface area contributed by atoms with Gasteiger partial charge in [-0.1, -0.05) is 17.7 Å². The predicted octanol–water partition coefficient (Wildman–Crippen LogP) is 3.15. The van der Waals surface area contributed by atoms with Crippen LogP contribution in [0, 0.1) is 30.9 Å². The first-order valence-corrected chi connectivity index (χ1v) is 8.98. The van der Waals surface area contributed by atoms with Crippen LogP contribution in [0.5, 0.6) is 5.75 Å². The van der Waals surface area contributed by atoms with Gasteiger partial charge in [0.05, 0.1) is 34.9 Å². The maximum absolute atomic E-state index is 12.5. The summed E-state index contributed by atoms with van der Waals surface area (Å²) in [5, 5.41) is 21.6. The first kappa shape index (κ1) is 20.1. The molecule has 3 aromatic rings. The Balaban J connectivity index is 1.62. The van der Waals surface area contributed by atoms with Crippen LogP contribution in [0.1, 0.15) is 29.8 Å². The predicted molar refractivity (Wildman–Crippen MR) is 106 cm³/mol. The third-order valence-electron chi connectivity index (χ3n) is 4.43. The van der Waals surface area contributed by atoms with Crippen LogP contribution >= 0.6 is 0 Å². The van der Waals surface area contributed by atoms with Crippen molar-refractivity contribution in [1.29, 1.82) is 0 Å². The summed E-state index contributed by atoms with van der Waals surface area (Å²) < 4.78 is 8.64. The van der Waals surface area contributed by atoms with Crippen molar-refractivity contribution in [2.24, 2.45) is 0 Å². The van der Waals surface area contributed by atoms with Gasteiger partial charge in [-0.15, -0.1) is 0 Å². The lowest BCUT2D eigenvalue weighted by atomic mass is 10.1. The SMILES string of the molecule is Cc1ccc(OCn2cc(NC(=O)C(C)n3nc([N+](=O)[O-])cc3C)cn2)c(C)c1. The molecule has 0 fully saturated rings. The molecule has 2 heterocycles. The maximum atomic E-state index is 12.5. The van der Waals surface area contributed by atoms with E-state index >= 15 is 0 Å². The molecule has 0 aliphatic carbocycles. The van der Waals surface area contributed by atoms with Crippen LogP contribution in [-0.2, 0) is 11.5 Å². The summed E-state index contributed by atoms with van der Waals surface area (Å²) in [5.41, 5.74) is 3.20. The smallest absolute Gasteiger partial charge is 0.390 e. The number of carbonyl (C=O) groups is 1. The Morgan fingerprint density at radius 2 is 2.07 bits per heavy atom. The number of anilines is 1. The van der Waals surface area contributed by atoms with E-state index in [-0.39, 0.29) is 18.5 Å². The zero-order valence-corrected chi connectivity index (χ0v) is 16.6. The number of nitrogens with zero attached hydrogens (tertiary/aromatic N) is 5. The fourth-order valence-corrected chi connectivity index (χ4v) is 2.91. The zero-order chi connectivity index (χ0) is 21.1. The average molecular weight is 398 g/mol. The number of hydrogen-bond donors (Lipinski definition) is 1. The highest BCUT2D eigenvalue weighted by atomic mass is 16.6. The van der Waals surface area contributed by atoms with Gasteiger partial charge in [0.1, 0.15) is 11.8 Å². The van der Waals surface area contributed by atoms with Gasteiger partial charge in [-0.3, -0.25) is 4.79 Å². The van der Waals surface area contributed by atoms with Gasteiger partial charge in [0.25, 0.3) is 5.91 Å². The van der Waals surface area contributed by atoms with Gasteiger partial charge in [-0.05, 0) is 44.2 Å². The van der Waals surface area contributed by atoms with Crippen molar-refractivity contribution in [1.82, 2.24) is 19.6 Å². The van der Waals surface area contributed by atoms with E-state index in [1.165, 1.54) is 16.9 Å². The Morgan fingerprint density at radius 3 is 2.72 bits per heavy atom. The molecule has 1 amide bonds. The monoisotopic (exact) mass is 398 g/mol. The molecule has 1 N–H and O–H groups in total. The minimum atomic E-state index is -0.724. The molecule has 0 saturated heterocycles. The second kappa shape index (κ2) is 8.13. The molecule has 0 bridgehead atoms. The summed E-state index contributed by atoms with van der Waals surface area (Å²) in [4.78, 5) is 22.8. The molecule has 1 unspecified atom stereocenters. The maximum Gasteiger partial charge on any atom is 0.390 e. The van der Waals surface area contributed by atoms with Crippen molar-refractivity contribution in [3.8, 4) is 5.75 Å². The number of amides is 1. The van der Waals surface area contributed by atoms with Crippen LogP contribution in [0.2, 0.25) is 0 Å². The van der Waals surface area contributed by atoms with E-state index in [2.05, 4.69) is 15.5 Å². The number of ether oxygens (including phenoxy) is 1. The highest BCUT2D eigenvalue weighted by Crippen LogP contribution is 2.20. The standard InChI is InChI=1S/C19H22N6O4/c1-12-5-6-17(13(2)7-12)29-11-23-10-16(9-20-23)21-19(26)15(4)24-14(3)8-18(22-24)25(27)28/h5-10,15H,11H2,1-4H3,(H,21,26). The normalized spacial score (nSPS) is 11.9. The quantitative estimate of drug-likeness (QED) is 0.483. The molecule has 10 nitrogen and oxygen atoms in total. The van der Waals surface area contributed by atoms with Gasteiger partial charge in [0.2, 0.25) is 0 Å². The van der Waals surface area contributed by atoms with Crippen LogP contribution in [0.25, 0.3) is 0 Å². The van der Waals surface area contributed by atoms with E-state index in [9.17, 15) is 14.9 Å². The Bertz CT molecular complexity index is 1050. The number of aryl methyl sites for hydroxylation is 3. The van der Waals surface area contributed by atoms with Crippen molar-refractivity contribution in [3.63, 3.8) is 0 Å². The van der Waals surface area contributed by atoms with E-state index < -0.39 is 11.0 Å². The molecular weight excluding hydrogens is 376 g/mol. The number of nitrogens with one attached hydrogen (secondary N) is 1. The molecule has 0 aliphatic heterocycles. The van der Waals surface area contributed by atoms with Gasteiger partial charge < -0.3 is 20.2 Å². The Hall–Kier alpha value is -3.69. The van der Waals surface area contributed by atoms with Crippen LogP contribution < -0.4 is 10.1 Å². The lowest BCUT2D eigenvalue weighted by molar-refractivity contribution is -0.389. The van der Waals surface area contributed by atoms with Gasteiger partial charge >= 0.3 is 5.82 Å². The van der Waals surface area contributed by atoms with Gasteiger partial charge in [-0.2, -0.15) is 9.78 Å². The molecule has 0 spiro atoms. The topological polar surface area (TPSA) is 117 Å². The summed E-state index contributed by atoms with van der Waals surface area (Å²) in [6.45, 7) is 7.46. The molecule has 10 heteroatoms. The number of hydrogen-bond acceptors (Lipinski definition) is 6. The second-order valence-electron chi connectivity index (χ2n) is 6.82. The molecule has 152 valence electrons. The van der Waals surface area contributed by atoms with Crippen molar-refractivity contribution < 1.29 is 14.5 Å². The van der Waals surface area contributed by atoms with E-state index in [1.54, 1.807) is 24.7 Å². The summed E-state index contributed by atoms with van der Waals surface area (Å²) in [6, 6.07) is 6.52. The van der Waals surface area contributed by atoms with Crippen LogP contribution in [-0.4, -0.2) is 30.4 Å². The van der Waals surface area contributed by atoms with Crippen molar-refractivity contribution in [2.45, 2.75) is 40.5 Å². The van der Waals surface area contributed by atoms with E-state index in [0.717, 1.165) is 16.9 Å². The lowest BCUT2D eigenvalue weighted by Crippen LogP contribution is -2.25. The number of aromatic nitrogens is 4. The second-order valence-corrected chi connectivity index (χ2v) is 6.82. The Kier molecular flexibility index (Phi) is 5.62. The van der Waals surface area contributed by atoms with Gasteiger partial charge in [-0.25, -0.2) is 4.68 Å². The van der Waals surface area contributed by atoms with Crippen LogP contribution in [0.4, 0.5) is 11.5 Å². The molecular formula is C19H22N6O4. The number of rotatable bonds is 7. The molecule has 2 aromatic heterocycles. The minimum absolute atomic E-state index is 0.194. The van der Waals surface area contributed by atoms with Crippen LogP contribution in [0.15, 0.2) is 36.7 Å². The first-order chi connectivity index (χ1) is 13.7. The van der Waals surface area contributed by atoms with Crippen molar-refractivity contribution in [3.05, 3.63) is 63.6 Å². The zero-order valence-electron chi connectivity index (χ0n) is 16.6. The summed E-state index contributed by atoms with van der Waals surface area (Å²) >= 11 is 0. The number of benzene rings is 1. The van der Waals surface area contributed by atoms with Crippen molar-refractivity contribution in [2.75, 3.05) is 5.32 Å². The highest BCUT2D eigenvalue weighted by molar-refractivity contribution is 5.93. The molecule has 1 atom stereocenters. The molecule has 0 saturated carbocycles. The molecule has 3 rings (SSSR count).